The Labute approximate surface area is 128 Å². The van der Waals surface area contributed by atoms with Crippen LogP contribution >= 0.6 is 0 Å². The average molecular weight is 285 g/mol. The molecule has 0 spiro atoms. The maximum absolute atomic E-state index is 10.1. The fourth-order valence-electron chi connectivity index (χ4n) is 3.83. The monoisotopic (exact) mass is 285 g/mol. The first-order valence-corrected chi connectivity index (χ1v) is 8.43. The molecule has 1 N–H and O–H groups in total. The lowest BCUT2D eigenvalue weighted by Gasteiger charge is -2.25. The van der Waals surface area contributed by atoms with Gasteiger partial charge in [0.25, 0.3) is 0 Å². The standard InChI is InChI=1S/C19H27NO/c21-19(9-8-16-4-2-1-3-5-16)11-13-20-12-10-17-6-7-18(14-17)15-20/h1-5,8-9,17-19,21H,6-7,10-15H2/b9-8+/t17-,18-,19-/m0/s1. The predicted molar refractivity (Wildman–Crippen MR) is 88.0 cm³/mol. The molecule has 3 rings (SSSR count). The Morgan fingerprint density at radius 1 is 1.14 bits per heavy atom. The normalized spacial score (nSPS) is 27.9. The Kier molecular flexibility index (Phi) is 5.10. The molecule has 1 aliphatic carbocycles. The lowest BCUT2D eigenvalue weighted by Crippen LogP contribution is -2.31. The second-order valence-corrected chi connectivity index (χ2v) is 6.76. The van der Waals surface area contributed by atoms with Crippen molar-refractivity contribution in [2.75, 3.05) is 19.6 Å². The van der Waals surface area contributed by atoms with Crippen LogP contribution in [0, 0.1) is 11.8 Å². The lowest BCUT2D eigenvalue weighted by atomic mass is 10.0. The van der Waals surface area contributed by atoms with E-state index in [-0.39, 0.29) is 6.10 Å². The van der Waals surface area contributed by atoms with Gasteiger partial charge in [0, 0.05) is 13.1 Å². The second-order valence-electron chi connectivity index (χ2n) is 6.76. The molecular formula is C19H27NO. The molecule has 1 aromatic carbocycles. The molecule has 0 amide bonds. The van der Waals surface area contributed by atoms with E-state index in [1.165, 1.54) is 38.8 Å². The minimum Gasteiger partial charge on any atom is -0.389 e. The van der Waals surface area contributed by atoms with E-state index >= 15 is 0 Å². The largest absolute Gasteiger partial charge is 0.389 e. The topological polar surface area (TPSA) is 23.5 Å². The summed E-state index contributed by atoms with van der Waals surface area (Å²) in [6.45, 7) is 3.52. The van der Waals surface area contributed by atoms with Gasteiger partial charge >= 0.3 is 0 Å². The summed E-state index contributed by atoms with van der Waals surface area (Å²) in [6.07, 6.45) is 10.2. The van der Waals surface area contributed by atoms with E-state index in [2.05, 4.69) is 17.0 Å². The summed E-state index contributed by atoms with van der Waals surface area (Å²) in [5.41, 5.74) is 1.16. The Hall–Kier alpha value is -1.12. The van der Waals surface area contributed by atoms with E-state index < -0.39 is 0 Å². The smallest absolute Gasteiger partial charge is 0.0736 e. The molecule has 3 atom stereocenters. The molecule has 0 radical (unpaired) electrons. The van der Waals surface area contributed by atoms with Crippen molar-refractivity contribution in [3.05, 3.63) is 42.0 Å². The van der Waals surface area contributed by atoms with Gasteiger partial charge in [-0.3, -0.25) is 0 Å². The number of aliphatic hydroxyl groups is 1. The van der Waals surface area contributed by atoms with Crippen molar-refractivity contribution < 1.29 is 5.11 Å². The van der Waals surface area contributed by atoms with Crippen molar-refractivity contribution in [3.63, 3.8) is 0 Å². The number of fused-ring (bicyclic) bond motifs is 2. The lowest BCUT2D eigenvalue weighted by molar-refractivity contribution is 0.168. The van der Waals surface area contributed by atoms with Gasteiger partial charge in [-0.2, -0.15) is 0 Å². The SMILES string of the molecule is O[C@@H](/C=C/c1ccccc1)CCN1CC[C@@H]2CC[C@@H](C2)C1. The summed E-state index contributed by atoms with van der Waals surface area (Å²) in [6, 6.07) is 10.2. The fourth-order valence-corrected chi connectivity index (χ4v) is 3.83. The van der Waals surface area contributed by atoms with Gasteiger partial charge in [-0.1, -0.05) is 48.9 Å². The number of likely N-dealkylation sites (tertiary alicyclic amines) is 1. The van der Waals surface area contributed by atoms with Crippen molar-refractivity contribution in [2.45, 2.75) is 38.2 Å². The number of hydrogen-bond donors (Lipinski definition) is 1. The Morgan fingerprint density at radius 2 is 1.95 bits per heavy atom. The van der Waals surface area contributed by atoms with Crippen LogP contribution < -0.4 is 0 Å². The first kappa shape index (κ1) is 14.8. The van der Waals surface area contributed by atoms with Crippen molar-refractivity contribution in [3.8, 4) is 0 Å². The van der Waals surface area contributed by atoms with Gasteiger partial charge in [-0.15, -0.1) is 0 Å². The van der Waals surface area contributed by atoms with Crippen LogP contribution in [-0.2, 0) is 0 Å². The molecule has 1 aromatic rings. The molecule has 1 aliphatic heterocycles. The highest BCUT2D eigenvalue weighted by molar-refractivity contribution is 5.49. The predicted octanol–water partition coefficient (Wildman–Crippen LogP) is 3.57. The van der Waals surface area contributed by atoms with Crippen LogP contribution in [0.4, 0.5) is 0 Å². The number of aliphatic hydroxyl groups excluding tert-OH is 1. The van der Waals surface area contributed by atoms with Crippen LogP contribution in [0.2, 0.25) is 0 Å². The summed E-state index contributed by atoms with van der Waals surface area (Å²) in [4.78, 5) is 2.57. The van der Waals surface area contributed by atoms with E-state index in [1.807, 2.05) is 30.4 Å². The van der Waals surface area contributed by atoms with Crippen LogP contribution in [0.3, 0.4) is 0 Å². The molecule has 2 fully saturated rings. The molecule has 2 nitrogen and oxygen atoms in total. The van der Waals surface area contributed by atoms with Gasteiger partial charge < -0.3 is 10.0 Å². The molecular weight excluding hydrogens is 258 g/mol. The van der Waals surface area contributed by atoms with E-state index in [4.69, 9.17) is 0 Å². The number of rotatable bonds is 5. The van der Waals surface area contributed by atoms with Gasteiger partial charge in [0.05, 0.1) is 6.10 Å². The van der Waals surface area contributed by atoms with Crippen LogP contribution in [0.5, 0.6) is 0 Å². The Morgan fingerprint density at radius 3 is 2.81 bits per heavy atom. The minimum atomic E-state index is -0.328. The highest BCUT2D eigenvalue weighted by Gasteiger charge is 2.29. The zero-order valence-corrected chi connectivity index (χ0v) is 12.8. The summed E-state index contributed by atoms with van der Waals surface area (Å²) >= 11 is 0. The molecule has 21 heavy (non-hydrogen) atoms. The summed E-state index contributed by atoms with van der Waals surface area (Å²) < 4.78 is 0. The van der Waals surface area contributed by atoms with Crippen molar-refractivity contribution in [1.82, 2.24) is 4.90 Å². The van der Waals surface area contributed by atoms with E-state index in [1.54, 1.807) is 0 Å². The van der Waals surface area contributed by atoms with Gasteiger partial charge in [0.15, 0.2) is 0 Å². The van der Waals surface area contributed by atoms with Crippen LogP contribution in [0.25, 0.3) is 6.08 Å². The summed E-state index contributed by atoms with van der Waals surface area (Å²) in [7, 11) is 0. The zero-order valence-electron chi connectivity index (χ0n) is 12.8. The molecule has 1 saturated heterocycles. The van der Waals surface area contributed by atoms with Crippen molar-refractivity contribution >= 4 is 6.08 Å². The molecule has 2 heteroatoms. The first-order chi connectivity index (χ1) is 10.3. The Balaban J connectivity index is 1.43. The molecule has 2 aliphatic rings. The van der Waals surface area contributed by atoms with E-state index in [9.17, 15) is 5.11 Å². The third-order valence-electron chi connectivity index (χ3n) is 5.07. The van der Waals surface area contributed by atoms with Crippen LogP contribution in [0.1, 0.15) is 37.7 Å². The molecule has 114 valence electrons. The van der Waals surface area contributed by atoms with Gasteiger partial charge in [0.1, 0.15) is 0 Å². The van der Waals surface area contributed by atoms with Crippen LogP contribution in [-0.4, -0.2) is 35.7 Å². The van der Waals surface area contributed by atoms with Gasteiger partial charge in [0.2, 0.25) is 0 Å². The van der Waals surface area contributed by atoms with E-state index in [0.717, 1.165) is 30.4 Å². The second kappa shape index (κ2) is 7.24. The third-order valence-corrected chi connectivity index (χ3v) is 5.07. The molecule has 1 saturated carbocycles. The minimum absolute atomic E-state index is 0.328. The van der Waals surface area contributed by atoms with Crippen LogP contribution in [0.15, 0.2) is 36.4 Å². The molecule has 1 heterocycles. The zero-order chi connectivity index (χ0) is 14.5. The number of benzene rings is 1. The highest BCUT2D eigenvalue weighted by atomic mass is 16.3. The molecule has 0 unspecified atom stereocenters. The molecule has 2 bridgehead atoms. The van der Waals surface area contributed by atoms with Gasteiger partial charge in [-0.05, 0) is 49.6 Å². The maximum atomic E-state index is 10.1. The first-order valence-electron chi connectivity index (χ1n) is 8.43. The third kappa shape index (κ3) is 4.42. The number of hydrogen-bond acceptors (Lipinski definition) is 2. The summed E-state index contributed by atoms with van der Waals surface area (Å²) in [5, 5.41) is 10.1. The Bertz CT molecular complexity index is 456. The summed E-state index contributed by atoms with van der Waals surface area (Å²) in [5.74, 6) is 1.91. The average Bonchev–Trinajstić information content (AvgIpc) is 2.85. The van der Waals surface area contributed by atoms with Crippen molar-refractivity contribution in [1.29, 1.82) is 0 Å². The fraction of sp³-hybridized carbons (Fsp3) is 0.579. The van der Waals surface area contributed by atoms with Gasteiger partial charge in [-0.25, -0.2) is 0 Å². The van der Waals surface area contributed by atoms with Crippen molar-refractivity contribution in [2.24, 2.45) is 11.8 Å². The number of nitrogens with zero attached hydrogens (tertiary/aromatic N) is 1. The van der Waals surface area contributed by atoms with E-state index in [0.29, 0.717) is 0 Å². The maximum Gasteiger partial charge on any atom is 0.0736 e. The quantitative estimate of drug-likeness (QED) is 0.894. The molecule has 0 aromatic heterocycles. The highest BCUT2D eigenvalue weighted by Crippen LogP contribution is 2.36.